The van der Waals surface area contributed by atoms with Crippen LogP contribution in [0.15, 0.2) is 18.3 Å². The molecule has 30 heavy (non-hydrogen) atoms. The first-order valence-corrected chi connectivity index (χ1v) is 11.2. The van der Waals surface area contributed by atoms with E-state index in [9.17, 15) is 0 Å². The predicted molar refractivity (Wildman–Crippen MR) is 119 cm³/mol. The number of methoxy groups -OCH3 is 2. The van der Waals surface area contributed by atoms with Gasteiger partial charge in [-0.15, -0.1) is 11.3 Å². The minimum absolute atomic E-state index is 0.444. The second-order valence-electron chi connectivity index (χ2n) is 7.59. The van der Waals surface area contributed by atoms with E-state index >= 15 is 0 Å². The molecule has 0 bridgehead atoms. The number of rotatable bonds is 6. The van der Waals surface area contributed by atoms with Crippen molar-refractivity contribution in [3.63, 3.8) is 0 Å². The molecule has 9 heteroatoms. The van der Waals surface area contributed by atoms with E-state index in [1.165, 1.54) is 18.5 Å². The lowest BCUT2D eigenvalue weighted by molar-refractivity contribution is 0.123. The number of anilines is 2. The quantitative estimate of drug-likeness (QED) is 0.596. The largest absolute Gasteiger partial charge is 0.494 e. The summed E-state index contributed by atoms with van der Waals surface area (Å²) in [5.41, 5.74) is 2.07. The molecule has 0 spiro atoms. The van der Waals surface area contributed by atoms with Gasteiger partial charge in [-0.1, -0.05) is 0 Å². The normalized spacial score (nSPS) is 17.3. The number of morpholine rings is 1. The number of imidazole rings is 1. The minimum Gasteiger partial charge on any atom is -0.494 e. The Hall–Kier alpha value is -2.36. The van der Waals surface area contributed by atoms with Crippen LogP contribution in [0.5, 0.6) is 5.75 Å². The van der Waals surface area contributed by atoms with Crippen LogP contribution in [0.25, 0.3) is 21.0 Å². The highest BCUT2D eigenvalue weighted by Gasteiger charge is 2.23. The molecule has 0 atom stereocenters. The average Bonchev–Trinajstić information content (AvgIpc) is 3.52. The van der Waals surface area contributed by atoms with E-state index < -0.39 is 0 Å². The fourth-order valence-electron chi connectivity index (χ4n) is 4.19. The monoisotopic (exact) mass is 429 g/mol. The van der Waals surface area contributed by atoms with Crippen molar-refractivity contribution in [2.24, 2.45) is 0 Å². The number of fused-ring (bicyclic) bond motifs is 1. The van der Waals surface area contributed by atoms with Gasteiger partial charge in [-0.3, -0.25) is 0 Å². The molecule has 0 amide bonds. The Morgan fingerprint density at radius 2 is 1.83 bits per heavy atom. The lowest BCUT2D eigenvalue weighted by Crippen LogP contribution is -2.36. The van der Waals surface area contributed by atoms with E-state index in [0.717, 1.165) is 72.0 Å². The van der Waals surface area contributed by atoms with Gasteiger partial charge in [-0.2, -0.15) is 0 Å². The highest BCUT2D eigenvalue weighted by atomic mass is 32.1. The van der Waals surface area contributed by atoms with E-state index in [1.54, 1.807) is 25.6 Å². The van der Waals surface area contributed by atoms with Crippen LogP contribution in [0.2, 0.25) is 0 Å². The number of hydrogen-bond donors (Lipinski definition) is 0. The number of aromatic nitrogens is 3. The molecule has 0 saturated carbocycles. The molecule has 2 saturated heterocycles. The number of nitrogens with zero attached hydrogens (tertiary/aromatic N) is 5. The first-order valence-electron chi connectivity index (χ1n) is 10.4. The third-order valence-electron chi connectivity index (χ3n) is 5.71. The van der Waals surface area contributed by atoms with Gasteiger partial charge in [0.15, 0.2) is 10.8 Å². The summed E-state index contributed by atoms with van der Waals surface area (Å²) in [4.78, 5) is 14.6. The van der Waals surface area contributed by atoms with Crippen molar-refractivity contribution < 1.29 is 14.2 Å². The summed E-state index contributed by atoms with van der Waals surface area (Å²) in [6, 6.07) is 4.14. The maximum Gasteiger partial charge on any atom is 0.173 e. The fourth-order valence-corrected chi connectivity index (χ4v) is 5.32. The summed E-state index contributed by atoms with van der Waals surface area (Å²) in [6.45, 7) is 5.81. The molecule has 3 aromatic rings. The molecule has 0 radical (unpaired) electrons. The number of hydrogen-bond acceptors (Lipinski definition) is 8. The molecule has 2 aliphatic rings. The first-order chi connectivity index (χ1) is 14.8. The average molecular weight is 430 g/mol. The third-order valence-corrected chi connectivity index (χ3v) is 6.78. The van der Waals surface area contributed by atoms with E-state index in [4.69, 9.17) is 24.2 Å². The minimum atomic E-state index is 0.444. The molecule has 1 aromatic carbocycles. The SMILES string of the molecule is COCn1cc(N2CCCC2)nc1-c1nc2c(OC)ccc(N3CCOCC3)c2s1. The van der Waals surface area contributed by atoms with Crippen molar-refractivity contribution >= 4 is 33.1 Å². The predicted octanol–water partition coefficient (Wildman–Crippen LogP) is 3.21. The number of thiazole rings is 1. The zero-order chi connectivity index (χ0) is 20.5. The van der Waals surface area contributed by atoms with Crippen molar-refractivity contribution in [1.29, 1.82) is 0 Å². The summed E-state index contributed by atoms with van der Waals surface area (Å²) >= 11 is 1.67. The molecule has 8 nitrogen and oxygen atoms in total. The Balaban J connectivity index is 1.60. The van der Waals surface area contributed by atoms with Crippen molar-refractivity contribution in [2.45, 2.75) is 19.6 Å². The van der Waals surface area contributed by atoms with Crippen molar-refractivity contribution in [3.05, 3.63) is 18.3 Å². The molecule has 2 fully saturated rings. The Morgan fingerprint density at radius 1 is 1.03 bits per heavy atom. The van der Waals surface area contributed by atoms with Gasteiger partial charge in [0.25, 0.3) is 0 Å². The fraction of sp³-hybridized carbons (Fsp3) is 0.524. The van der Waals surface area contributed by atoms with Gasteiger partial charge in [-0.05, 0) is 25.0 Å². The molecule has 0 N–H and O–H groups in total. The van der Waals surface area contributed by atoms with Crippen LogP contribution in [-0.2, 0) is 16.2 Å². The molecule has 160 valence electrons. The van der Waals surface area contributed by atoms with Crippen LogP contribution in [0.1, 0.15) is 12.8 Å². The highest BCUT2D eigenvalue weighted by Crippen LogP contribution is 2.41. The zero-order valence-corrected chi connectivity index (χ0v) is 18.3. The second kappa shape index (κ2) is 8.41. The molecule has 0 aliphatic carbocycles. The van der Waals surface area contributed by atoms with E-state index in [-0.39, 0.29) is 0 Å². The van der Waals surface area contributed by atoms with Gasteiger partial charge in [0.2, 0.25) is 0 Å². The lowest BCUT2D eigenvalue weighted by Gasteiger charge is -2.29. The summed E-state index contributed by atoms with van der Waals surface area (Å²) in [7, 11) is 3.40. The summed E-state index contributed by atoms with van der Waals surface area (Å²) < 4.78 is 19.8. The van der Waals surface area contributed by atoms with Crippen LogP contribution in [-0.4, -0.2) is 68.1 Å². The Morgan fingerprint density at radius 3 is 2.57 bits per heavy atom. The van der Waals surface area contributed by atoms with E-state index in [0.29, 0.717) is 6.73 Å². The zero-order valence-electron chi connectivity index (χ0n) is 17.5. The van der Waals surface area contributed by atoms with Gasteiger partial charge < -0.3 is 28.6 Å². The highest BCUT2D eigenvalue weighted by molar-refractivity contribution is 7.22. The van der Waals surface area contributed by atoms with Crippen LogP contribution < -0.4 is 14.5 Å². The standard InChI is InChI=1S/C21H27N5O3S/c1-27-14-26-13-17(25-7-3-4-8-25)22-20(26)21-23-18-16(28-2)6-5-15(19(18)30-21)24-9-11-29-12-10-24/h5-6,13H,3-4,7-12,14H2,1-2H3. The van der Waals surface area contributed by atoms with E-state index in [1.807, 2.05) is 10.6 Å². The van der Waals surface area contributed by atoms with E-state index in [2.05, 4.69) is 22.1 Å². The van der Waals surface area contributed by atoms with Gasteiger partial charge in [0.05, 0.1) is 36.9 Å². The van der Waals surface area contributed by atoms with Gasteiger partial charge >= 0.3 is 0 Å². The van der Waals surface area contributed by atoms with Crippen LogP contribution in [0, 0.1) is 0 Å². The van der Waals surface area contributed by atoms with Crippen LogP contribution in [0.3, 0.4) is 0 Å². The Labute approximate surface area is 180 Å². The first kappa shape index (κ1) is 19.6. The summed E-state index contributed by atoms with van der Waals surface area (Å²) in [6.07, 6.45) is 4.51. The summed E-state index contributed by atoms with van der Waals surface area (Å²) in [5.74, 6) is 2.63. The molecule has 2 aliphatic heterocycles. The molecule has 2 aromatic heterocycles. The Kier molecular flexibility index (Phi) is 5.49. The van der Waals surface area contributed by atoms with Crippen molar-refractivity contribution in [3.8, 4) is 16.6 Å². The van der Waals surface area contributed by atoms with Gasteiger partial charge in [0.1, 0.15) is 23.8 Å². The number of benzene rings is 1. The molecule has 4 heterocycles. The second-order valence-corrected chi connectivity index (χ2v) is 8.59. The molecular formula is C21H27N5O3S. The van der Waals surface area contributed by atoms with Gasteiger partial charge in [-0.25, -0.2) is 9.97 Å². The smallest absolute Gasteiger partial charge is 0.173 e. The molecular weight excluding hydrogens is 402 g/mol. The summed E-state index contributed by atoms with van der Waals surface area (Å²) in [5, 5.41) is 0.881. The van der Waals surface area contributed by atoms with Crippen LogP contribution >= 0.6 is 11.3 Å². The third kappa shape index (κ3) is 3.51. The topological polar surface area (TPSA) is 64.9 Å². The van der Waals surface area contributed by atoms with Crippen LogP contribution in [0.4, 0.5) is 11.5 Å². The lowest BCUT2D eigenvalue weighted by atomic mass is 10.2. The Bertz CT molecular complexity index is 1020. The van der Waals surface area contributed by atoms with Crippen molar-refractivity contribution in [2.75, 3.05) is 63.4 Å². The molecule has 5 rings (SSSR count). The van der Waals surface area contributed by atoms with Crippen molar-refractivity contribution in [1.82, 2.24) is 14.5 Å². The van der Waals surface area contributed by atoms with Gasteiger partial charge in [0, 0.05) is 33.3 Å². The number of ether oxygens (including phenoxy) is 3. The maximum absolute atomic E-state index is 5.62. The maximum atomic E-state index is 5.62. The molecule has 0 unspecified atom stereocenters.